The number of aliphatic hydroxyl groups excluding tert-OH is 1. The maximum Gasteiger partial charge on any atom is 0.407 e. The fourth-order valence-corrected chi connectivity index (χ4v) is 4.62. The van der Waals surface area contributed by atoms with Crippen molar-refractivity contribution in [3.05, 3.63) is 94.7 Å². The molecule has 1 fully saturated rings. The monoisotopic (exact) mass is 476 g/mol. The number of hydrogen-bond donors (Lipinski definition) is 3. The molecule has 0 aliphatic carbocycles. The van der Waals surface area contributed by atoms with Gasteiger partial charge in [-0.1, -0.05) is 24.3 Å². The lowest BCUT2D eigenvalue weighted by Crippen LogP contribution is -2.44. The Morgan fingerprint density at radius 1 is 1.11 bits per heavy atom. The van der Waals surface area contributed by atoms with Crippen LogP contribution < -0.4 is 10.9 Å². The lowest BCUT2D eigenvalue weighted by atomic mass is 10.0. The fraction of sp³-hybridized carbons (Fsp3) is 0.308. The average Bonchev–Trinajstić information content (AvgIpc) is 3.29. The van der Waals surface area contributed by atoms with Crippen molar-refractivity contribution >= 4 is 17.7 Å². The molecule has 1 unspecified atom stereocenters. The molecule has 0 spiro atoms. The normalized spacial score (nSPS) is 19.2. The molecule has 1 aromatic carbocycles. The van der Waals surface area contributed by atoms with Gasteiger partial charge in [0.15, 0.2) is 0 Å². The van der Waals surface area contributed by atoms with Gasteiger partial charge in [0.05, 0.1) is 6.04 Å². The molecule has 9 nitrogen and oxygen atoms in total. The molecule has 4 rings (SSSR count). The molecule has 3 aromatic rings. The van der Waals surface area contributed by atoms with Crippen LogP contribution in [0.25, 0.3) is 0 Å². The first-order valence-electron chi connectivity index (χ1n) is 11.5. The summed E-state index contributed by atoms with van der Waals surface area (Å²) in [5.41, 5.74) is 1.84. The maximum atomic E-state index is 12.6. The topological polar surface area (TPSA) is 125 Å². The molecule has 1 aliphatic rings. The molecule has 1 saturated heterocycles. The summed E-state index contributed by atoms with van der Waals surface area (Å²) in [5.74, 6) is -0.314. The van der Waals surface area contributed by atoms with Crippen LogP contribution in [0.15, 0.2) is 78.0 Å². The minimum absolute atomic E-state index is 0.253. The van der Waals surface area contributed by atoms with E-state index in [0.29, 0.717) is 30.5 Å². The number of amides is 2. The van der Waals surface area contributed by atoms with E-state index in [9.17, 15) is 24.6 Å². The summed E-state index contributed by atoms with van der Waals surface area (Å²) in [6, 6.07) is 13.9. The number of aromatic nitrogens is 2. The molecule has 9 heteroatoms. The van der Waals surface area contributed by atoms with E-state index >= 15 is 0 Å². The van der Waals surface area contributed by atoms with E-state index in [1.165, 1.54) is 15.5 Å². The minimum atomic E-state index is -1.06. The van der Waals surface area contributed by atoms with Gasteiger partial charge in [-0.25, -0.2) is 4.79 Å². The van der Waals surface area contributed by atoms with Gasteiger partial charge in [0.25, 0.3) is 5.56 Å². The van der Waals surface area contributed by atoms with Gasteiger partial charge >= 0.3 is 6.09 Å². The molecule has 3 heterocycles. The van der Waals surface area contributed by atoms with Gasteiger partial charge < -0.3 is 20.1 Å². The summed E-state index contributed by atoms with van der Waals surface area (Å²) >= 11 is 0. The highest BCUT2D eigenvalue weighted by Gasteiger charge is 2.41. The minimum Gasteiger partial charge on any atom is -0.465 e. The molecule has 0 radical (unpaired) electrons. The summed E-state index contributed by atoms with van der Waals surface area (Å²) in [7, 11) is 0. The van der Waals surface area contributed by atoms with Crippen LogP contribution in [0.3, 0.4) is 0 Å². The van der Waals surface area contributed by atoms with E-state index in [0.717, 1.165) is 5.56 Å². The van der Waals surface area contributed by atoms with Gasteiger partial charge in [0.1, 0.15) is 12.1 Å². The lowest BCUT2D eigenvalue weighted by molar-refractivity contribution is -0.118. The van der Waals surface area contributed by atoms with Crippen molar-refractivity contribution in [3.63, 3.8) is 0 Å². The molecular weight excluding hydrogens is 448 g/mol. The third-order valence-electron chi connectivity index (χ3n) is 6.50. The van der Waals surface area contributed by atoms with Crippen LogP contribution in [0, 0.1) is 0 Å². The molecule has 35 heavy (non-hydrogen) atoms. The molecule has 0 saturated carbocycles. The third-order valence-corrected chi connectivity index (χ3v) is 6.50. The number of anilines is 1. The highest BCUT2D eigenvalue weighted by molar-refractivity contribution is 5.93. The van der Waals surface area contributed by atoms with E-state index in [2.05, 4.69) is 10.3 Å². The van der Waals surface area contributed by atoms with Crippen LogP contribution in [0.5, 0.6) is 0 Å². The van der Waals surface area contributed by atoms with Crippen molar-refractivity contribution < 1.29 is 19.8 Å². The van der Waals surface area contributed by atoms with Crippen LogP contribution >= 0.6 is 0 Å². The predicted molar refractivity (Wildman–Crippen MR) is 130 cm³/mol. The summed E-state index contributed by atoms with van der Waals surface area (Å²) in [4.78, 5) is 42.0. The van der Waals surface area contributed by atoms with Gasteiger partial charge in [-0.3, -0.25) is 19.5 Å². The zero-order chi connectivity index (χ0) is 24.9. The zero-order valence-corrected chi connectivity index (χ0v) is 19.3. The van der Waals surface area contributed by atoms with Crippen molar-refractivity contribution in [2.45, 2.75) is 50.4 Å². The number of carboxylic acid groups (broad SMARTS) is 1. The number of nitrogens with zero attached hydrogens (tertiary/aromatic N) is 3. The number of carbonyl (C=O) groups excluding carboxylic acids is 1. The summed E-state index contributed by atoms with van der Waals surface area (Å²) in [6.07, 6.45) is 4.41. The molecule has 3 N–H and O–H groups in total. The van der Waals surface area contributed by atoms with Gasteiger partial charge in [-0.15, -0.1) is 0 Å². The standard InChI is InChI=1S/C26H28N4O5/c1-17(29-14-3-2-6-23(29)31)25(33)28-20-9-7-18(8-10-20)15-21-11-12-22(30(21)26(34)35)24(32)19-5-4-13-27-16-19/h2-10,13-14,16-17,21-22,24,32H,11-12,15H2,1H3,(H,28,33)(H,34,35)/t17-,21+,22-,24?/m1/s1. The fourth-order valence-electron chi connectivity index (χ4n) is 4.62. The van der Waals surface area contributed by atoms with Crippen molar-refractivity contribution in [1.82, 2.24) is 14.5 Å². The van der Waals surface area contributed by atoms with Crippen molar-refractivity contribution in [1.29, 1.82) is 0 Å². The largest absolute Gasteiger partial charge is 0.465 e. The van der Waals surface area contributed by atoms with Gasteiger partial charge in [-0.2, -0.15) is 0 Å². The van der Waals surface area contributed by atoms with Crippen molar-refractivity contribution in [2.24, 2.45) is 0 Å². The summed E-state index contributed by atoms with van der Waals surface area (Å²) < 4.78 is 1.36. The smallest absolute Gasteiger partial charge is 0.407 e. The van der Waals surface area contributed by atoms with Crippen LogP contribution in [0.4, 0.5) is 10.5 Å². The SMILES string of the molecule is C[C@H](C(=O)Nc1ccc(C[C@@H]2CC[C@H](C(O)c3cccnc3)N2C(=O)O)cc1)n1ccccc1=O. The van der Waals surface area contributed by atoms with E-state index in [-0.39, 0.29) is 17.5 Å². The Morgan fingerprint density at radius 2 is 1.89 bits per heavy atom. The van der Waals surface area contributed by atoms with Crippen LogP contribution in [0.1, 0.15) is 43.0 Å². The average molecular weight is 477 g/mol. The number of rotatable bonds is 7. The predicted octanol–water partition coefficient (Wildman–Crippen LogP) is 3.23. The highest BCUT2D eigenvalue weighted by Crippen LogP contribution is 2.34. The van der Waals surface area contributed by atoms with E-state index in [1.807, 2.05) is 12.1 Å². The van der Waals surface area contributed by atoms with E-state index < -0.39 is 24.3 Å². The Kier molecular flexibility index (Phi) is 7.26. The van der Waals surface area contributed by atoms with Crippen LogP contribution in [0.2, 0.25) is 0 Å². The number of likely N-dealkylation sites (tertiary alicyclic amines) is 1. The van der Waals surface area contributed by atoms with Crippen molar-refractivity contribution in [3.8, 4) is 0 Å². The second-order valence-electron chi connectivity index (χ2n) is 8.73. The number of carbonyl (C=O) groups is 2. The second-order valence-corrected chi connectivity index (χ2v) is 8.73. The Labute approximate surface area is 202 Å². The van der Waals surface area contributed by atoms with E-state index in [1.54, 1.807) is 61.9 Å². The van der Waals surface area contributed by atoms with E-state index in [4.69, 9.17) is 0 Å². The number of nitrogens with one attached hydrogen (secondary N) is 1. The maximum absolute atomic E-state index is 12.6. The molecule has 2 amide bonds. The van der Waals surface area contributed by atoms with Crippen molar-refractivity contribution in [2.75, 3.05) is 5.32 Å². The Bertz CT molecular complexity index is 1230. The van der Waals surface area contributed by atoms with Gasteiger partial charge in [0, 0.05) is 41.9 Å². The quantitative estimate of drug-likeness (QED) is 0.481. The first-order valence-corrected chi connectivity index (χ1v) is 11.5. The zero-order valence-electron chi connectivity index (χ0n) is 19.3. The number of benzene rings is 1. The number of hydrogen-bond acceptors (Lipinski definition) is 5. The summed E-state index contributed by atoms with van der Waals surface area (Å²) in [5, 5.41) is 23.5. The molecular formula is C26H28N4O5. The van der Waals surface area contributed by atoms with Gasteiger partial charge in [0.2, 0.25) is 5.91 Å². The number of aliphatic hydroxyl groups is 1. The molecule has 182 valence electrons. The summed E-state index contributed by atoms with van der Waals surface area (Å²) in [6.45, 7) is 1.65. The first-order chi connectivity index (χ1) is 16.8. The van der Waals surface area contributed by atoms with Crippen LogP contribution in [-0.2, 0) is 11.2 Å². The second kappa shape index (κ2) is 10.5. The number of pyridine rings is 2. The Balaban J connectivity index is 1.40. The van der Waals surface area contributed by atoms with Gasteiger partial charge in [-0.05, 0) is 56.0 Å². The molecule has 2 aromatic heterocycles. The Morgan fingerprint density at radius 3 is 2.54 bits per heavy atom. The molecule has 1 aliphatic heterocycles. The molecule has 0 bridgehead atoms. The third kappa shape index (κ3) is 5.41. The first kappa shape index (κ1) is 24.2. The Hall–Kier alpha value is -3.98. The molecule has 4 atom stereocenters. The van der Waals surface area contributed by atoms with Crippen LogP contribution in [-0.4, -0.2) is 48.7 Å². The highest BCUT2D eigenvalue weighted by atomic mass is 16.4. The lowest BCUT2D eigenvalue weighted by Gasteiger charge is -2.30.